The Kier molecular flexibility index (Phi) is 7.23. The Morgan fingerprint density at radius 2 is 1.77 bits per heavy atom. The highest BCUT2D eigenvalue weighted by Gasteiger charge is 2.34. The summed E-state index contributed by atoms with van der Waals surface area (Å²) >= 11 is 6.65. The second-order valence-corrected chi connectivity index (χ2v) is 7.86. The second kappa shape index (κ2) is 9.86. The van der Waals surface area contributed by atoms with Gasteiger partial charge < -0.3 is 5.32 Å². The molecule has 9 heteroatoms. The summed E-state index contributed by atoms with van der Waals surface area (Å²) < 4.78 is 27.2. The lowest BCUT2D eigenvalue weighted by Gasteiger charge is -2.13. The highest BCUT2D eigenvalue weighted by molar-refractivity contribution is 8.18. The van der Waals surface area contributed by atoms with E-state index in [2.05, 4.69) is 5.32 Å². The van der Waals surface area contributed by atoms with E-state index in [1.54, 1.807) is 30.3 Å². The van der Waals surface area contributed by atoms with E-state index in [4.69, 9.17) is 11.6 Å². The van der Waals surface area contributed by atoms with E-state index in [1.807, 2.05) is 0 Å². The molecule has 0 aliphatic carbocycles. The van der Waals surface area contributed by atoms with Gasteiger partial charge in [-0.05, 0) is 54.1 Å². The van der Waals surface area contributed by atoms with Gasteiger partial charge in [0.05, 0.1) is 4.91 Å². The third-order valence-electron chi connectivity index (χ3n) is 4.36. The van der Waals surface area contributed by atoms with Crippen molar-refractivity contribution in [2.45, 2.75) is 12.8 Å². The molecule has 5 nitrogen and oxygen atoms in total. The van der Waals surface area contributed by atoms with Gasteiger partial charge in [0.1, 0.15) is 11.6 Å². The SMILES string of the molecule is O=C(CCc1c(F)cccc1F)NCCN1C(=O)S/C(=C\c2ccc(Cl)cc2)C1=O. The molecule has 1 aliphatic heterocycles. The zero-order valence-corrected chi connectivity index (χ0v) is 17.2. The average Bonchev–Trinajstić information content (AvgIpc) is 2.96. The Bertz CT molecular complexity index is 992. The minimum atomic E-state index is -0.701. The van der Waals surface area contributed by atoms with Gasteiger partial charge in [-0.15, -0.1) is 0 Å². The quantitative estimate of drug-likeness (QED) is 0.635. The number of thioether (sulfide) groups is 1. The number of carbonyl (C=O) groups is 3. The average molecular weight is 451 g/mol. The van der Waals surface area contributed by atoms with Crippen LogP contribution in [0.3, 0.4) is 0 Å². The number of nitrogens with zero attached hydrogens (tertiary/aromatic N) is 1. The van der Waals surface area contributed by atoms with Gasteiger partial charge in [-0.1, -0.05) is 29.8 Å². The number of benzene rings is 2. The third-order valence-corrected chi connectivity index (χ3v) is 5.52. The van der Waals surface area contributed by atoms with Crippen LogP contribution in [0, 0.1) is 11.6 Å². The van der Waals surface area contributed by atoms with Crippen LogP contribution < -0.4 is 5.32 Å². The number of hydrogen-bond acceptors (Lipinski definition) is 4. The molecular formula is C21H17ClF2N2O3S. The second-order valence-electron chi connectivity index (χ2n) is 6.44. The number of halogens is 3. The summed E-state index contributed by atoms with van der Waals surface area (Å²) in [6.45, 7) is 0.0489. The lowest BCUT2D eigenvalue weighted by atomic mass is 10.1. The van der Waals surface area contributed by atoms with Crippen LogP contribution in [0.25, 0.3) is 6.08 Å². The molecule has 1 fully saturated rings. The number of carbonyl (C=O) groups excluding carboxylic acids is 3. The molecule has 1 aliphatic rings. The van der Waals surface area contributed by atoms with Crippen molar-refractivity contribution in [1.29, 1.82) is 0 Å². The van der Waals surface area contributed by atoms with Crippen molar-refractivity contribution in [3.8, 4) is 0 Å². The van der Waals surface area contributed by atoms with Gasteiger partial charge in [0.25, 0.3) is 11.1 Å². The number of rotatable bonds is 7. The van der Waals surface area contributed by atoms with Crippen LogP contribution in [0.2, 0.25) is 5.02 Å². The number of amides is 3. The van der Waals surface area contributed by atoms with Crippen LogP contribution in [-0.2, 0) is 16.0 Å². The van der Waals surface area contributed by atoms with Gasteiger partial charge in [-0.2, -0.15) is 0 Å². The summed E-state index contributed by atoms with van der Waals surface area (Å²) in [5.41, 5.74) is 0.588. The van der Waals surface area contributed by atoms with Crippen molar-refractivity contribution >= 4 is 46.5 Å². The van der Waals surface area contributed by atoms with Crippen molar-refractivity contribution < 1.29 is 23.2 Å². The van der Waals surface area contributed by atoms with Crippen LogP contribution in [0.15, 0.2) is 47.4 Å². The van der Waals surface area contributed by atoms with Crippen LogP contribution >= 0.6 is 23.4 Å². The lowest BCUT2D eigenvalue weighted by Crippen LogP contribution is -2.37. The maximum absolute atomic E-state index is 13.6. The summed E-state index contributed by atoms with van der Waals surface area (Å²) in [4.78, 5) is 37.8. The molecule has 1 heterocycles. The summed E-state index contributed by atoms with van der Waals surface area (Å²) in [5.74, 6) is -2.27. The highest BCUT2D eigenvalue weighted by Crippen LogP contribution is 2.32. The van der Waals surface area contributed by atoms with Gasteiger partial charge in [-0.25, -0.2) is 8.78 Å². The minimum Gasteiger partial charge on any atom is -0.354 e. The van der Waals surface area contributed by atoms with Gasteiger partial charge in [0, 0.05) is 30.1 Å². The van der Waals surface area contributed by atoms with Gasteiger partial charge >= 0.3 is 0 Å². The van der Waals surface area contributed by atoms with Gasteiger partial charge in [-0.3, -0.25) is 19.3 Å². The van der Waals surface area contributed by atoms with Gasteiger partial charge in [0.15, 0.2) is 0 Å². The van der Waals surface area contributed by atoms with Crippen LogP contribution in [0.5, 0.6) is 0 Å². The molecule has 0 unspecified atom stereocenters. The topological polar surface area (TPSA) is 66.5 Å². The molecular weight excluding hydrogens is 434 g/mol. The molecule has 3 amide bonds. The third kappa shape index (κ3) is 5.46. The summed E-state index contributed by atoms with van der Waals surface area (Å²) in [6.07, 6.45) is 1.40. The molecule has 0 atom stereocenters. The fourth-order valence-corrected chi connectivity index (χ4v) is 3.80. The van der Waals surface area contributed by atoms with E-state index in [0.717, 1.165) is 34.4 Å². The Morgan fingerprint density at radius 3 is 2.43 bits per heavy atom. The summed E-state index contributed by atoms with van der Waals surface area (Å²) in [7, 11) is 0. The van der Waals surface area contributed by atoms with Crippen molar-refractivity contribution in [2.24, 2.45) is 0 Å². The standard InChI is InChI=1S/C21H17ClF2N2O3S/c22-14-6-4-13(5-7-14)12-18-20(28)26(21(29)30-18)11-10-25-19(27)9-8-15-16(23)2-1-3-17(15)24/h1-7,12H,8-11H2,(H,25,27)/b18-12-. The predicted molar refractivity (Wildman–Crippen MR) is 112 cm³/mol. The molecule has 156 valence electrons. The van der Waals surface area contributed by atoms with E-state index in [-0.39, 0.29) is 36.4 Å². The maximum atomic E-state index is 13.6. The Hall–Kier alpha value is -2.71. The molecule has 3 rings (SSSR count). The molecule has 0 spiro atoms. The largest absolute Gasteiger partial charge is 0.354 e. The first-order chi connectivity index (χ1) is 14.3. The summed E-state index contributed by atoms with van der Waals surface area (Å²) in [6, 6.07) is 10.3. The van der Waals surface area contributed by atoms with Crippen molar-refractivity contribution in [3.63, 3.8) is 0 Å². The highest BCUT2D eigenvalue weighted by atomic mass is 35.5. The first-order valence-electron chi connectivity index (χ1n) is 9.05. The smallest absolute Gasteiger partial charge is 0.293 e. The molecule has 0 aromatic heterocycles. The Morgan fingerprint density at radius 1 is 1.10 bits per heavy atom. The fourth-order valence-electron chi connectivity index (χ4n) is 2.81. The first-order valence-corrected chi connectivity index (χ1v) is 10.2. The van der Waals surface area contributed by atoms with Crippen molar-refractivity contribution in [1.82, 2.24) is 10.2 Å². The molecule has 2 aromatic rings. The van der Waals surface area contributed by atoms with E-state index in [1.165, 1.54) is 6.07 Å². The van der Waals surface area contributed by atoms with Crippen LogP contribution in [0.4, 0.5) is 13.6 Å². The predicted octanol–water partition coefficient (Wildman–Crippen LogP) is 4.40. The van der Waals surface area contributed by atoms with Crippen molar-refractivity contribution in [3.05, 3.63) is 75.2 Å². The number of nitrogens with one attached hydrogen (secondary N) is 1. The molecule has 1 saturated heterocycles. The monoisotopic (exact) mass is 450 g/mol. The van der Waals surface area contributed by atoms with Crippen LogP contribution in [-0.4, -0.2) is 35.0 Å². The van der Waals surface area contributed by atoms with Crippen molar-refractivity contribution in [2.75, 3.05) is 13.1 Å². The Balaban J connectivity index is 1.49. The number of imide groups is 1. The van der Waals surface area contributed by atoms with Crippen LogP contribution in [0.1, 0.15) is 17.5 Å². The molecule has 0 saturated carbocycles. The molecule has 1 N–H and O–H groups in total. The lowest BCUT2D eigenvalue weighted by molar-refractivity contribution is -0.124. The first kappa shape index (κ1) is 22.0. The number of hydrogen-bond donors (Lipinski definition) is 1. The molecule has 2 aromatic carbocycles. The van der Waals surface area contributed by atoms with E-state index in [9.17, 15) is 23.2 Å². The van der Waals surface area contributed by atoms with E-state index < -0.39 is 28.7 Å². The molecule has 30 heavy (non-hydrogen) atoms. The fraction of sp³-hybridized carbons (Fsp3) is 0.190. The zero-order chi connectivity index (χ0) is 21.7. The van der Waals surface area contributed by atoms with E-state index in [0.29, 0.717) is 5.02 Å². The normalized spacial score (nSPS) is 15.2. The molecule has 0 radical (unpaired) electrons. The summed E-state index contributed by atoms with van der Waals surface area (Å²) in [5, 5.41) is 2.69. The Labute approximate surface area is 181 Å². The molecule has 0 bridgehead atoms. The van der Waals surface area contributed by atoms with Gasteiger partial charge in [0.2, 0.25) is 5.91 Å². The zero-order valence-electron chi connectivity index (χ0n) is 15.7. The minimum absolute atomic E-state index is 0.00240. The van der Waals surface area contributed by atoms with E-state index >= 15 is 0 Å². The maximum Gasteiger partial charge on any atom is 0.293 e.